The first-order chi connectivity index (χ1) is 10.1. The molecule has 0 bridgehead atoms. The molecule has 1 aromatic heterocycles. The van der Waals surface area contributed by atoms with Crippen molar-refractivity contribution in [3.8, 4) is 11.4 Å². The van der Waals surface area contributed by atoms with Crippen LogP contribution >= 0.6 is 0 Å². The normalized spacial score (nSPS) is 25.9. The quantitative estimate of drug-likeness (QED) is 0.827. The Bertz CT molecular complexity index is 615. The molecule has 1 aromatic carbocycles. The van der Waals surface area contributed by atoms with E-state index in [0.29, 0.717) is 29.3 Å². The van der Waals surface area contributed by atoms with Crippen LogP contribution in [0.3, 0.4) is 0 Å². The number of rotatable bonds is 2. The topological polar surface area (TPSA) is 95.6 Å². The van der Waals surface area contributed by atoms with Gasteiger partial charge in [0.25, 0.3) is 0 Å². The van der Waals surface area contributed by atoms with E-state index >= 15 is 0 Å². The summed E-state index contributed by atoms with van der Waals surface area (Å²) in [6.07, 6.45) is 3.61. The largest absolute Gasteiger partial charge is 0.399 e. The zero-order valence-electron chi connectivity index (χ0n) is 12.5. The number of nitrogens with two attached hydrogens (primary N) is 2. The standard InChI is InChI=1S/C15H22N6/c1-9-4-3-5-14(10(9)2)21-15(18-19-20-21)11-6-12(16)8-13(17)7-11/h6-10,14H,3-5,16-17H2,1-2H3. The van der Waals surface area contributed by atoms with Crippen molar-refractivity contribution < 1.29 is 0 Å². The smallest absolute Gasteiger partial charge is 0.182 e. The fourth-order valence-corrected chi connectivity index (χ4v) is 3.31. The monoisotopic (exact) mass is 286 g/mol. The minimum atomic E-state index is 0.335. The lowest BCUT2D eigenvalue weighted by Crippen LogP contribution is -2.28. The molecule has 0 aliphatic heterocycles. The second kappa shape index (κ2) is 5.35. The van der Waals surface area contributed by atoms with Crippen LogP contribution in [0.2, 0.25) is 0 Å². The highest BCUT2D eigenvalue weighted by atomic mass is 15.5. The predicted molar refractivity (Wildman–Crippen MR) is 83.3 cm³/mol. The summed E-state index contributed by atoms with van der Waals surface area (Å²) in [5.41, 5.74) is 13.9. The van der Waals surface area contributed by atoms with Crippen LogP contribution in [0.5, 0.6) is 0 Å². The molecule has 2 aromatic rings. The number of hydrogen-bond acceptors (Lipinski definition) is 5. The molecule has 112 valence electrons. The third kappa shape index (κ3) is 2.57. The number of hydrogen-bond donors (Lipinski definition) is 2. The Morgan fingerprint density at radius 1 is 1.10 bits per heavy atom. The van der Waals surface area contributed by atoms with E-state index in [1.54, 1.807) is 6.07 Å². The fourth-order valence-electron chi connectivity index (χ4n) is 3.31. The lowest BCUT2D eigenvalue weighted by Gasteiger charge is -2.34. The highest BCUT2D eigenvalue weighted by Crippen LogP contribution is 2.38. The van der Waals surface area contributed by atoms with E-state index in [2.05, 4.69) is 29.4 Å². The van der Waals surface area contributed by atoms with Crippen LogP contribution < -0.4 is 11.5 Å². The maximum absolute atomic E-state index is 5.89. The zero-order chi connectivity index (χ0) is 15.0. The van der Waals surface area contributed by atoms with Crippen molar-refractivity contribution >= 4 is 11.4 Å². The molecule has 0 radical (unpaired) electrons. The van der Waals surface area contributed by atoms with Gasteiger partial charge in [-0.15, -0.1) is 5.10 Å². The SMILES string of the molecule is CC1CCCC(n2nnnc2-c2cc(N)cc(N)c2)C1C. The Kier molecular flexibility index (Phi) is 3.53. The summed E-state index contributed by atoms with van der Waals surface area (Å²) in [5, 5.41) is 12.3. The van der Waals surface area contributed by atoms with Crippen molar-refractivity contribution in [2.24, 2.45) is 11.8 Å². The minimum absolute atomic E-state index is 0.335. The summed E-state index contributed by atoms with van der Waals surface area (Å²) in [5.74, 6) is 1.99. The van der Waals surface area contributed by atoms with Gasteiger partial charge in [-0.3, -0.25) is 0 Å². The summed E-state index contributed by atoms with van der Waals surface area (Å²) in [4.78, 5) is 0. The number of nitrogen functional groups attached to an aromatic ring is 2. The van der Waals surface area contributed by atoms with E-state index in [1.807, 2.05) is 16.8 Å². The molecule has 1 fully saturated rings. The molecule has 0 spiro atoms. The average molecular weight is 286 g/mol. The molecule has 3 unspecified atom stereocenters. The maximum Gasteiger partial charge on any atom is 0.182 e. The molecule has 1 aliphatic rings. The number of nitrogens with zero attached hydrogens (tertiary/aromatic N) is 4. The van der Waals surface area contributed by atoms with Crippen molar-refractivity contribution in [2.45, 2.75) is 39.2 Å². The van der Waals surface area contributed by atoms with Crippen molar-refractivity contribution in [3.63, 3.8) is 0 Å². The van der Waals surface area contributed by atoms with Gasteiger partial charge in [0.05, 0.1) is 6.04 Å². The van der Waals surface area contributed by atoms with E-state index in [4.69, 9.17) is 11.5 Å². The summed E-state index contributed by atoms with van der Waals surface area (Å²) in [6.45, 7) is 4.59. The van der Waals surface area contributed by atoms with Gasteiger partial charge in [0.15, 0.2) is 5.82 Å². The average Bonchev–Trinajstić information content (AvgIpc) is 2.90. The Balaban J connectivity index is 2.00. The predicted octanol–water partition coefficient (Wildman–Crippen LogP) is 2.50. The van der Waals surface area contributed by atoms with Gasteiger partial charge in [0.2, 0.25) is 0 Å². The molecule has 0 saturated heterocycles. The molecular formula is C15H22N6. The van der Waals surface area contributed by atoms with Gasteiger partial charge in [-0.2, -0.15) is 0 Å². The third-order valence-electron chi connectivity index (χ3n) is 4.71. The van der Waals surface area contributed by atoms with Crippen LogP contribution in [-0.4, -0.2) is 20.2 Å². The van der Waals surface area contributed by atoms with E-state index in [0.717, 1.165) is 17.8 Å². The first kappa shape index (κ1) is 13.9. The molecule has 6 nitrogen and oxygen atoms in total. The van der Waals surface area contributed by atoms with Gasteiger partial charge >= 0.3 is 0 Å². The number of aromatic nitrogens is 4. The summed E-state index contributed by atoms with van der Waals surface area (Å²) in [7, 11) is 0. The Morgan fingerprint density at radius 3 is 2.52 bits per heavy atom. The lowest BCUT2D eigenvalue weighted by atomic mass is 9.78. The zero-order valence-corrected chi connectivity index (χ0v) is 12.5. The molecule has 1 aliphatic carbocycles. The molecule has 3 rings (SSSR count). The van der Waals surface area contributed by atoms with E-state index in [9.17, 15) is 0 Å². The van der Waals surface area contributed by atoms with Crippen LogP contribution in [0.4, 0.5) is 11.4 Å². The number of benzene rings is 1. The maximum atomic E-state index is 5.89. The molecule has 1 saturated carbocycles. The van der Waals surface area contributed by atoms with Crippen molar-refractivity contribution in [2.75, 3.05) is 11.5 Å². The highest BCUT2D eigenvalue weighted by molar-refractivity contribution is 5.67. The Morgan fingerprint density at radius 2 is 1.81 bits per heavy atom. The second-order valence-electron chi connectivity index (χ2n) is 6.17. The third-order valence-corrected chi connectivity index (χ3v) is 4.71. The van der Waals surface area contributed by atoms with Crippen LogP contribution in [0.15, 0.2) is 18.2 Å². The summed E-state index contributed by atoms with van der Waals surface area (Å²) in [6, 6.07) is 5.81. The van der Waals surface area contributed by atoms with Gasteiger partial charge in [-0.25, -0.2) is 4.68 Å². The molecule has 0 amide bonds. The van der Waals surface area contributed by atoms with Crippen LogP contribution in [0.1, 0.15) is 39.2 Å². The highest BCUT2D eigenvalue weighted by Gasteiger charge is 2.31. The molecule has 4 N–H and O–H groups in total. The first-order valence-corrected chi connectivity index (χ1v) is 7.50. The van der Waals surface area contributed by atoms with Crippen LogP contribution in [0, 0.1) is 11.8 Å². The van der Waals surface area contributed by atoms with Crippen molar-refractivity contribution in [3.05, 3.63) is 18.2 Å². The van der Waals surface area contributed by atoms with Gasteiger partial charge in [-0.05, 0) is 46.9 Å². The molecule has 1 heterocycles. The number of anilines is 2. The van der Waals surface area contributed by atoms with Crippen LogP contribution in [0.25, 0.3) is 11.4 Å². The molecule has 21 heavy (non-hydrogen) atoms. The first-order valence-electron chi connectivity index (χ1n) is 7.50. The van der Waals surface area contributed by atoms with E-state index in [1.165, 1.54) is 12.8 Å². The summed E-state index contributed by atoms with van der Waals surface area (Å²) < 4.78 is 1.95. The van der Waals surface area contributed by atoms with Crippen molar-refractivity contribution in [1.82, 2.24) is 20.2 Å². The lowest BCUT2D eigenvalue weighted by molar-refractivity contribution is 0.174. The van der Waals surface area contributed by atoms with E-state index in [-0.39, 0.29) is 0 Å². The summed E-state index contributed by atoms with van der Waals surface area (Å²) >= 11 is 0. The second-order valence-corrected chi connectivity index (χ2v) is 6.17. The van der Waals surface area contributed by atoms with Gasteiger partial charge in [0.1, 0.15) is 0 Å². The Hall–Kier alpha value is -2.11. The van der Waals surface area contributed by atoms with Crippen LogP contribution in [-0.2, 0) is 0 Å². The fraction of sp³-hybridized carbons (Fsp3) is 0.533. The van der Waals surface area contributed by atoms with Crippen molar-refractivity contribution in [1.29, 1.82) is 0 Å². The van der Waals surface area contributed by atoms with Gasteiger partial charge < -0.3 is 11.5 Å². The number of tetrazole rings is 1. The van der Waals surface area contributed by atoms with Gasteiger partial charge in [0, 0.05) is 16.9 Å². The van der Waals surface area contributed by atoms with Gasteiger partial charge in [-0.1, -0.05) is 26.7 Å². The molecule has 6 heteroatoms. The van der Waals surface area contributed by atoms with E-state index < -0.39 is 0 Å². The Labute approximate surface area is 124 Å². The molecule has 3 atom stereocenters. The minimum Gasteiger partial charge on any atom is -0.399 e. The molecular weight excluding hydrogens is 264 g/mol.